The maximum Gasteiger partial charge on any atom is 0.183 e. The monoisotopic (exact) mass is 230 g/mol. The Hall–Kier alpha value is -0.650. The number of nitrogens with one attached hydrogen (secondary N) is 1. The summed E-state index contributed by atoms with van der Waals surface area (Å²) in [7, 11) is 0. The Bertz CT molecular complexity index is 293. The van der Waals surface area contributed by atoms with Crippen molar-refractivity contribution < 1.29 is 10.2 Å². The van der Waals surface area contributed by atoms with Gasteiger partial charge < -0.3 is 15.5 Å². The summed E-state index contributed by atoms with van der Waals surface area (Å²) in [6.45, 7) is 5.67. The van der Waals surface area contributed by atoms with Gasteiger partial charge in [0.15, 0.2) is 5.13 Å². The average Bonchev–Trinajstić information content (AvgIpc) is 2.55. The van der Waals surface area contributed by atoms with Gasteiger partial charge in [0.2, 0.25) is 0 Å². The lowest BCUT2D eigenvalue weighted by Gasteiger charge is -2.29. The first-order valence-electron chi connectivity index (χ1n) is 5.01. The van der Waals surface area contributed by atoms with Crippen molar-refractivity contribution in [3.8, 4) is 0 Å². The lowest BCUT2D eigenvalue weighted by molar-refractivity contribution is 0.132. The van der Waals surface area contributed by atoms with Crippen LogP contribution in [0.4, 0.5) is 5.13 Å². The van der Waals surface area contributed by atoms with E-state index in [9.17, 15) is 10.2 Å². The summed E-state index contributed by atoms with van der Waals surface area (Å²) in [5.74, 6) is 0. The predicted molar refractivity (Wildman–Crippen MR) is 62.4 cm³/mol. The van der Waals surface area contributed by atoms with Crippen LogP contribution < -0.4 is 5.32 Å². The van der Waals surface area contributed by atoms with Crippen molar-refractivity contribution in [3.05, 3.63) is 10.6 Å². The molecule has 0 unspecified atom stereocenters. The molecule has 86 valence electrons. The summed E-state index contributed by atoms with van der Waals surface area (Å²) in [5, 5.41) is 22.4. The van der Waals surface area contributed by atoms with Crippen molar-refractivity contribution in [2.24, 2.45) is 0 Å². The van der Waals surface area contributed by atoms with Gasteiger partial charge in [0.1, 0.15) is 0 Å². The summed E-state index contributed by atoms with van der Waals surface area (Å²) < 4.78 is 0. The maximum atomic E-state index is 9.27. The van der Waals surface area contributed by atoms with Crippen molar-refractivity contribution >= 4 is 16.5 Å². The number of hydrogen-bond donors (Lipinski definition) is 3. The van der Waals surface area contributed by atoms with E-state index in [1.54, 1.807) is 11.3 Å². The average molecular weight is 230 g/mol. The SMILES string of the molecule is CCC(CO)(CO)Nc1nc(C)c(C)s1. The van der Waals surface area contributed by atoms with Crippen molar-refractivity contribution in [1.82, 2.24) is 4.98 Å². The molecule has 0 fully saturated rings. The molecular formula is C10H18N2O2S. The van der Waals surface area contributed by atoms with E-state index in [1.807, 2.05) is 20.8 Å². The zero-order valence-corrected chi connectivity index (χ0v) is 10.2. The quantitative estimate of drug-likeness (QED) is 0.713. The molecule has 4 nitrogen and oxygen atoms in total. The maximum absolute atomic E-state index is 9.27. The third kappa shape index (κ3) is 2.68. The smallest absolute Gasteiger partial charge is 0.183 e. The molecule has 0 saturated heterocycles. The third-order valence-electron chi connectivity index (χ3n) is 2.68. The Morgan fingerprint density at radius 2 is 1.93 bits per heavy atom. The highest BCUT2D eigenvalue weighted by molar-refractivity contribution is 7.15. The van der Waals surface area contributed by atoms with Gasteiger partial charge in [-0.05, 0) is 20.3 Å². The largest absolute Gasteiger partial charge is 0.394 e. The highest BCUT2D eigenvalue weighted by atomic mass is 32.1. The minimum absolute atomic E-state index is 0.0995. The summed E-state index contributed by atoms with van der Waals surface area (Å²) in [6.07, 6.45) is 0.650. The van der Waals surface area contributed by atoms with E-state index < -0.39 is 5.54 Å². The van der Waals surface area contributed by atoms with Crippen LogP contribution in [0.15, 0.2) is 0 Å². The summed E-state index contributed by atoms with van der Waals surface area (Å²) in [6, 6.07) is 0. The van der Waals surface area contributed by atoms with Crippen molar-refractivity contribution in [2.75, 3.05) is 18.5 Å². The second-order valence-electron chi connectivity index (χ2n) is 3.74. The first-order valence-corrected chi connectivity index (χ1v) is 5.82. The number of aromatic nitrogens is 1. The van der Waals surface area contributed by atoms with Crippen LogP contribution in [0.25, 0.3) is 0 Å². The Kier molecular flexibility index (Phi) is 4.07. The summed E-state index contributed by atoms with van der Waals surface area (Å²) in [4.78, 5) is 5.48. The molecule has 1 aromatic heterocycles. The molecule has 0 aliphatic heterocycles. The highest BCUT2D eigenvalue weighted by Gasteiger charge is 2.27. The van der Waals surface area contributed by atoms with E-state index in [0.29, 0.717) is 6.42 Å². The summed E-state index contributed by atoms with van der Waals surface area (Å²) in [5.41, 5.74) is 0.333. The Morgan fingerprint density at radius 1 is 1.33 bits per heavy atom. The molecule has 0 spiro atoms. The molecule has 1 heterocycles. The van der Waals surface area contributed by atoms with Gasteiger partial charge in [-0.3, -0.25) is 0 Å². The normalized spacial score (nSPS) is 11.8. The van der Waals surface area contributed by atoms with Crippen LogP contribution in [-0.2, 0) is 0 Å². The molecule has 0 bridgehead atoms. The Labute approximate surface area is 94.0 Å². The van der Waals surface area contributed by atoms with Gasteiger partial charge in [0.25, 0.3) is 0 Å². The molecule has 0 aliphatic rings. The molecule has 15 heavy (non-hydrogen) atoms. The fourth-order valence-electron chi connectivity index (χ4n) is 1.19. The van der Waals surface area contributed by atoms with Crippen LogP contribution in [0.3, 0.4) is 0 Å². The molecule has 0 atom stereocenters. The van der Waals surface area contributed by atoms with Gasteiger partial charge in [-0.25, -0.2) is 4.98 Å². The third-order valence-corrected chi connectivity index (χ3v) is 3.67. The van der Waals surface area contributed by atoms with Crippen LogP contribution >= 0.6 is 11.3 Å². The Morgan fingerprint density at radius 3 is 2.27 bits per heavy atom. The van der Waals surface area contributed by atoms with E-state index in [2.05, 4.69) is 10.3 Å². The first kappa shape index (κ1) is 12.4. The van der Waals surface area contributed by atoms with Gasteiger partial charge in [-0.15, -0.1) is 11.3 Å². The number of anilines is 1. The minimum atomic E-state index is -0.656. The van der Waals surface area contributed by atoms with Crippen LogP contribution in [0.2, 0.25) is 0 Å². The summed E-state index contributed by atoms with van der Waals surface area (Å²) >= 11 is 1.54. The molecule has 3 N–H and O–H groups in total. The molecule has 1 aromatic rings. The number of thiazole rings is 1. The lowest BCUT2D eigenvalue weighted by Crippen LogP contribution is -2.45. The number of rotatable bonds is 5. The zero-order chi connectivity index (χ0) is 11.5. The fraction of sp³-hybridized carbons (Fsp3) is 0.700. The van der Waals surface area contributed by atoms with Gasteiger partial charge >= 0.3 is 0 Å². The standard InChI is InChI=1S/C10H18N2O2S/c1-4-10(5-13,6-14)12-9-11-7(2)8(3)15-9/h13-14H,4-6H2,1-3H3,(H,11,12). The van der Waals surface area contributed by atoms with Crippen LogP contribution in [0, 0.1) is 13.8 Å². The molecular weight excluding hydrogens is 212 g/mol. The number of nitrogens with zero attached hydrogens (tertiary/aromatic N) is 1. The number of hydrogen-bond acceptors (Lipinski definition) is 5. The first-order chi connectivity index (χ1) is 7.06. The predicted octanol–water partition coefficient (Wildman–Crippen LogP) is 1.31. The topological polar surface area (TPSA) is 65.4 Å². The molecule has 5 heteroatoms. The van der Waals surface area contributed by atoms with Crippen molar-refractivity contribution in [2.45, 2.75) is 32.7 Å². The fourth-order valence-corrected chi connectivity index (χ4v) is 2.13. The van der Waals surface area contributed by atoms with Crippen LogP contribution in [0.5, 0.6) is 0 Å². The van der Waals surface area contributed by atoms with Crippen LogP contribution in [-0.4, -0.2) is 33.9 Å². The highest BCUT2D eigenvalue weighted by Crippen LogP contribution is 2.25. The van der Waals surface area contributed by atoms with E-state index in [1.165, 1.54) is 0 Å². The second kappa shape index (κ2) is 4.92. The van der Waals surface area contributed by atoms with Crippen LogP contribution in [0.1, 0.15) is 23.9 Å². The van der Waals surface area contributed by atoms with E-state index in [4.69, 9.17) is 0 Å². The Balaban J connectivity index is 2.82. The van der Waals surface area contributed by atoms with Gasteiger partial charge in [0.05, 0.1) is 24.4 Å². The second-order valence-corrected chi connectivity index (χ2v) is 4.94. The lowest BCUT2D eigenvalue weighted by atomic mass is 9.99. The molecule has 1 rings (SSSR count). The van der Waals surface area contributed by atoms with Gasteiger partial charge in [0, 0.05) is 4.88 Å². The van der Waals surface area contributed by atoms with Gasteiger partial charge in [-0.1, -0.05) is 6.92 Å². The van der Waals surface area contributed by atoms with E-state index in [0.717, 1.165) is 15.7 Å². The van der Waals surface area contributed by atoms with Crippen molar-refractivity contribution in [1.29, 1.82) is 0 Å². The van der Waals surface area contributed by atoms with E-state index in [-0.39, 0.29) is 13.2 Å². The number of aliphatic hydroxyl groups is 2. The molecule has 0 amide bonds. The molecule has 0 aliphatic carbocycles. The van der Waals surface area contributed by atoms with Gasteiger partial charge in [-0.2, -0.15) is 0 Å². The van der Waals surface area contributed by atoms with Crippen molar-refractivity contribution in [3.63, 3.8) is 0 Å². The number of aryl methyl sites for hydroxylation is 2. The molecule has 0 radical (unpaired) electrons. The molecule has 0 aromatic carbocycles. The van der Waals surface area contributed by atoms with E-state index >= 15 is 0 Å². The molecule has 0 saturated carbocycles. The zero-order valence-electron chi connectivity index (χ0n) is 9.37. The minimum Gasteiger partial charge on any atom is -0.394 e. The number of aliphatic hydroxyl groups excluding tert-OH is 2.